The number of para-hydroxylation sites is 1. The summed E-state index contributed by atoms with van der Waals surface area (Å²) in [5, 5.41) is 13.6. The first-order valence-electron chi connectivity index (χ1n) is 9.36. The van der Waals surface area contributed by atoms with Gasteiger partial charge in [0.05, 0.1) is 32.1 Å². The van der Waals surface area contributed by atoms with Gasteiger partial charge in [-0.25, -0.2) is 5.43 Å². The van der Waals surface area contributed by atoms with Gasteiger partial charge in [-0.2, -0.15) is 5.10 Å². The third-order valence-electron chi connectivity index (χ3n) is 4.43. The molecule has 1 heterocycles. The molecule has 0 unspecified atom stereocenters. The molecule has 2 aromatic carbocycles. The van der Waals surface area contributed by atoms with Gasteiger partial charge in [0.25, 0.3) is 11.8 Å². The lowest BCUT2D eigenvalue weighted by Gasteiger charge is -2.26. The number of ether oxygens (including phenoxy) is 3. The fourth-order valence-electron chi connectivity index (χ4n) is 2.82. The third kappa shape index (κ3) is 5.48. The monoisotopic (exact) mass is 413 g/mol. The number of rotatable bonds is 7. The van der Waals surface area contributed by atoms with E-state index in [1.54, 1.807) is 35.2 Å². The molecular weight excluding hydrogens is 390 g/mol. The maximum Gasteiger partial charge on any atom is 0.275 e. The highest BCUT2D eigenvalue weighted by atomic mass is 16.5. The number of carbonyl (C=O) groups excluding carboxylic acids is 2. The first-order valence-corrected chi connectivity index (χ1v) is 9.36. The highest BCUT2D eigenvalue weighted by molar-refractivity contribution is 5.97. The predicted octanol–water partition coefficient (Wildman–Crippen LogP) is 1.40. The van der Waals surface area contributed by atoms with Crippen LogP contribution in [-0.4, -0.2) is 68.1 Å². The van der Waals surface area contributed by atoms with E-state index < -0.39 is 5.91 Å². The number of hydrazone groups is 1. The van der Waals surface area contributed by atoms with E-state index in [2.05, 4.69) is 10.5 Å². The number of phenolic OH excluding ortho intramolecular Hbond substituents is 1. The van der Waals surface area contributed by atoms with Gasteiger partial charge in [-0.1, -0.05) is 12.1 Å². The first kappa shape index (κ1) is 21.1. The van der Waals surface area contributed by atoms with Gasteiger partial charge in [0.15, 0.2) is 18.1 Å². The quantitative estimate of drug-likeness (QED) is 0.525. The van der Waals surface area contributed by atoms with E-state index >= 15 is 0 Å². The van der Waals surface area contributed by atoms with Gasteiger partial charge in [-0.15, -0.1) is 0 Å². The van der Waals surface area contributed by atoms with Crippen LogP contribution >= 0.6 is 0 Å². The largest absolute Gasteiger partial charge is 0.507 e. The third-order valence-corrected chi connectivity index (χ3v) is 4.43. The van der Waals surface area contributed by atoms with Crippen LogP contribution in [0.15, 0.2) is 47.6 Å². The van der Waals surface area contributed by atoms with Crippen LogP contribution in [0.4, 0.5) is 0 Å². The Kier molecular flexibility index (Phi) is 7.23. The van der Waals surface area contributed by atoms with Crippen molar-refractivity contribution in [2.24, 2.45) is 5.10 Å². The minimum atomic E-state index is -0.530. The molecule has 0 spiro atoms. The number of nitrogens with one attached hydrogen (secondary N) is 1. The normalized spacial score (nSPS) is 13.8. The summed E-state index contributed by atoms with van der Waals surface area (Å²) in [6, 6.07) is 11.2. The molecule has 1 fully saturated rings. The molecule has 9 nitrogen and oxygen atoms in total. The Morgan fingerprint density at radius 3 is 2.70 bits per heavy atom. The summed E-state index contributed by atoms with van der Waals surface area (Å²) in [4.78, 5) is 25.9. The molecule has 9 heteroatoms. The number of aromatic hydroxyl groups is 1. The Morgan fingerprint density at radius 2 is 1.97 bits per heavy atom. The number of hydrogen-bond acceptors (Lipinski definition) is 7. The SMILES string of the molecule is COc1cc(/C=N\NC(=O)c2ccccc2O)ccc1OCC(=O)N1CCOCC1. The predicted molar refractivity (Wildman–Crippen MR) is 109 cm³/mol. The van der Waals surface area contributed by atoms with E-state index in [1.165, 1.54) is 25.5 Å². The average Bonchev–Trinajstić information content (AvgIpc) is 2.78. The average molecular weight is 413 g/mol. The molecule has 0 radical (unpaired) electrons. The van der Waals surface area contributed by atoms with Crippen LogP contribution in [0.5, 0.6) is 17.2 Å². The van der Waals surface area contributed by atoms with Crippen molar-refractivity contribution in [1.82, 2.24) is 10.3 Å². The van der Waals surface area contributed by atoms with Crippen LogP contribution in [0.2, 0.25) is 0 Å². The van der Waals surface area contributed by atoms with Gasteiger partial charge in [0.2, 0.25) is 0 Å². The highest BCUT2D eigenvalue weighted by Gasteiger charge is 2.18. The summed E-state index contributed by atoms with van der Waals surface area (Å²) < 4.78 is 16.2. The van der Waals surface area contributed by atoms with Crippen molar-refractivity contribution in [3.63, 3.8) is 0 Å². The number of nitrogens with zero attached hydrogens (tertiary/aromatic N) is 2. The summed E-state index contributed by atoms with van der Waals surface area (Å²) in [6.45, 7) is 2.08. The molecular formula is C21H23N3O6. The number of benzene rings is 2. The van der Waals surface area contributed by atoms with Crippen LogP contribution in [0.3, 0.4) is 0 Å². The van der Waals surface area contributed by atoms with E-state index in [-0.39, 0.29) is 23.8 Å². The van der Waals surface area contributed by atoms with Crippen molar-refractivity contribution in [1.29, 1.82) is 0 Å². The molecule has 0 atom stereocenters. The standard InChI is InChI=1S/C21H23N3O6/c1-28-19-12-15(13-22-23-21(27)16-4-2-3-5-17(16)25)6-7-18(19)30-14-20(26)24-8-10-29-11-9-24/h2-7,12-13,25H,8-11,14H2,1H3,(H,23,27)/b22-13-. The number of phenols is 1. The fourth-order valence-corrected chi connectivity index (χ4v) is 2.82. The zero-order valence-electron chi connectivity index (χ0n) is 16.5. The van der Waals surface area contributed by atoms with Crippen molar-refractivity contribution in [2.75, 3.05) is 40.0 Å². The van der Waals surface area contributed by atoms with Crippen LogP contribution in [-0.2, 0) is 9.53 Å². The number of methoxy groups -OCH3 is 1. The molecule has 0 aromatic heterocycles. The minimum Gasteiger partial charge on any atom is -0.507 e. The van der Waals surface area contributed by atoms with Crippen LogP contribution in [0.1, 0.15) is 15.9 Å². The number of amides is 2. The number of carbonyl (C=O) groups is 2. The lowest BCUT2D eigenvalue weighted by atomic mass is 10.2. The van der Waals surface area contributed by atoms with E-state index in [0.29, 0.717) is 43.4 Å². The fraction of sp³-hybridized carbons (Fsp3) is 0.286. The Morgan fingerprint density at radius 1 is 1.20 bits per heavy atom. The maximum absolute atomic E-state index is 12.2. The first-order chi connectivity index (χ1) is 14.6. The summed E-state index contributed by atoms with van der Waals surface area (Å²) in [5.74, 6) is 0.0889. The van der Waals surface area contributed by atoms with E-state index in [0.717, 1.165) is 0 Å². The Bertz CT molecular complexity index is 925. The second-order valence-electron chi connectivity index (χ2n) is 6.41. The summed E-state index contributed by atoms with van der Waals surface area (Å²) >= 11 is 0. The van der Waals surface area contributed by atoms with E-state index in [4.69, 9.17) is 14.2 Å². The molecule has 158 valence electrons. The van der Waals surface area contributed by atoms with E-state index in [1.807, 2.05) is 0 Å². The van der Waals surface area contributed by atoms with Gasteiger partial charge in [0.1, 0.15) is 5.75 Å². The second-order valence-corrected chi connectivity index (χ2v) is 6.41. The molecule has 0 saturated carbocycles. The lowest BCUT2D eigenvalue weighted by Crippen LogP contribution is -2.43. The van der Waals surface area contributed by atoms with Crippen molar-refractivity contribution in [3.05, 3.63) is 53.6 Å². The molecule has 1 aliphatic rings. The van der Waals surface area contributed by atoms with Crippen molar-refractivity contribution in [3.8, 4) is 17.2 Å². The van der Waals surface area contributed by atoms with Crippen LogP contribution in [0.25, 0.3) is 0 Å². The topological polar surface area (TPSA) is 110 Å². The Labute approximate surface area is 173 Å². The molecule has 30 heavy (non-hydrogen) atoms. The molecule has 0 bridgehead atoms. The smallest absolute Gasteiger partial charge is 0.275 e. The van der Waals surface area contributed by atoms with Gasteiger partial charge in [0, 0.05) is 13.1 Å². The summed E-state index contributed by atoms with van der Waals surface area (Å²) in [6.07, 6.45) is 1.43. The van der Waals surface area contributed by atoms with Gasteiger partial charge in [-0.05, 0) is 35.9 Å². The highest BCUT2D eigenvalue weighted by Crippen LogP contribution is 2.27. The minimum absolute atomic E-state index is 0.0968. The van der Waals surface area contributed by atoms with Crippen molar-refractivity contribution in [2.45, 2.75) is 0 Å². The van der Waals surface area contributed by atoms with Crippen LogP contribution in [0, 0.1) is 0 Å². The van der Waals surface area contributed by atoms with Crippen molar-refractivity contribution < 1.29 is 28.9 Å². The molecule has 1 aliphatic heterocycles. The van der Waals surface area contributed by atoms with Gasteiger partial charge >= 0.3 is 0 Å². The summed E-state index contributed by atoms with van der Waals surface area (Å²) in [5.41, 5.74) is 3.13. The second kappa shape index (κ2) is 10.3. The number of hydrogen-bond donors (Lipinski definition) is 2. The Balaban J connectivity index is 1.58. The molecule has 1 saturated heterocycles. The molecule has 2 amide bonds. The molecule has 2 N–H and O–H groups in total. The number of morpholine rings is 1. The van der Waals surface area contributed by atoms with Crippen LogP contribution < -0.4 is 14.9 Å². The van der Waals surface area contributed by atoms with Gasteiger partial charge in [-0.3, -0.25) is 9.59 Å². The zero-order valence-corrected chi connectivity index (χ0v) is 16.5. The Hall–Kier alpha value is -3.59. The van der Waals surface area contributed by atoms with E-state index in [9.17, 15) is 14.7 Å². The molecule has 2 aromatic rings. The maximum atomic E-state index is 12.2. The summed E-state index contributed by atoms with van der Waals surface area (Å²) in [7, 11) is 1.49. The molecule has 0 aliphatic carbocycles. The zero-order chi connectivity index (χ0) is 21.3. The van der Waals surface area contributed by atoms with Crippen molar-refractivity contribution >= 4 is 18.0 Å². The van der Waals surface area contributed by atoms with Gasteiger partial charge < -0.3 is 24.2 Å². The molecule has 3 rings (SSSR count). The lowest BCUT2D eigenvalue weighted by molar-refractivity contribution is -0.137.